The smallest absolute Gasteiger partial charge is 0.126 e. The Morgan fingerprint density at radius 3 is 2.48 bits per heavy atom. The van der Waals surface area contributed by atoms with Crippen molar-refractivity contribution in [1.82, 2.24) is 0 Å². The molecule has 2 aromatic carbocycles. The molecule has 0 N–H and O–H groups in total. The van der Waals surface area contributed by atoms with Gasteiger partial charge in [0.05, 0.1) is 11.2 Å². The second-order valence-electron chi connectivity index (χ2n) is 8.05. The molecule has 3 heteroatoms. The minimum atomic E-state index is -0.196. The van der Waals surface area contributed by atoms with Crippen molar-refractivity contribution < 1.29 is 4.39 Å². The van der Waals surface area contributed by atoms with Crippen molar-refractivity contribution in [1.29, 1.82) is 0 Å². The molecule has 0 unspecified atom stereocenters. The lowest BCUT2D eigenvalue weighted by Gasteiger charge is -2.43. The number of anilines is 1. The Kier molecular flexibility index (Phi) is 5.23. The highest BCUT2D eigenvalue weighted by molar-refractivity contribution is 5.90. The molecule has 0 saturated heterocycles. The van der Waals surface area contributed by atoms with Gasteiger partial charge >= 0.3 is 0 Å². The summed E-state index contributed by atoms with van der Waals surface area (Å²) in [5.74, 6) is -0.196. The average Bonchev–Trinajstić information content (AvgIpc) is 2.59. The molecule has 0 saturated carbocycles. The summed E-state index contributed by atoms with van der Waals surface area (Å²) in [7, 11) is 0. The first-order valence-corrected chi connectivity index (χ1v) is 9.65. The van der Waals surface area contributed by atoms with Gasteiger partial charge in [-0.3, -0.25) is 4.99 Å². The fourth-order valence-corrected chi connectivity index (χ4v) is 3.87. The third-order valence-corrected chi connectivity index (χ3v) is 5.31. The van der Waals surface area contributed by atoms with E-state index >= 15 is 0 Å². The number of allylic oxidation sites excluding steroid dienone is 1. The standard InChI is InChI=1S/C24H29FN2/c1-7-10-27-23-12-16(2)19(13-21(23)18(4)14-24(27,5)6)15-26-20-8-9-22(25)17(3)11-20/h8-9,11-15H,7,10H2,1-6H3. The lowest BCUT2D eigenvalue weighted by molar-refractivity contribution is 0.550. The Morgan fingerprint density at radius 2 is 1.81 bits per heavy atom. The Bertz CT molecular complexity index is 922. The summed E-state index contributed by atoms with van der Waals surface area (Å²) in [5, 5.41) is 0. The van der Waals surface area contributed by atoms with E-state index in [1.807, 2.05) is 6.21 Å². The molecule has 0 aromatic heterocycles. The van der Waals surface area contributed by atoms with Crippen molar-refractivity contribution in [3.8, 4) is 0 Å². The van der Waals surface area contributed by atoms with E-state index < -0.39 is 0 Å². The summed E-state index contributed by atoms with van der Waals surface area (Å²) in [6.45, 7) is 13.9. The number of fused-ring (bicyclic) bond motifs is 1. The van der Waals surface area contributed by atoms with Gasteiger partial charge in [-0.2, -0.15) is 0 Å². The second-order valence-corrected chi connectivity index (χ2v) is 8.05. The molecular formula is C24H29FN2. The fraction of sp³-hybridized carbons (Fsp3) is 0.375. The number of benzene rings is 2. The monoisotopic (exact) mass is 364 g/mol. The number of halogens is 1. The lowest BCUT2D eigenvalue weighted by Crippen LogP contribution is -2.45. The zero-order chi connectivity index (χ0) is 19.8. The molecule has 0 fully saturated rings. The van der Waals surface area contributed by atoms with Crippen LogP contribution in [0.3, 0.4) is 0 Å². The topological polar surface area (TPSA) is 15.6 Å². The molecule has 2 nitrogen and oxygen atoms in total. The van der Waals surface area contributed by atoms with Gasteiger partial charge in [0.2, 0.25) is 0 Å². The first-order valence-electron chi connectivity index (χ1n) is 9.65. The van der Waals surface area contributed by atoms with Crippen LogP contribution in [0.2, 0.25) is 0 Å². The van der Waals surface area contributed by atoms with Crippen LogP contribution in [-0.4, -0.2) is 18.3 Å². The van der Waals surface area contributed by atoms with Gasteiger partial charge in [0.25, 0.3) is 0 Å². The molecule has 0 amide bonds. The predicted octanol–water partition coefficient (Wildman–Crippen LogP) is 6.61. The Balaban J connectivity index is 2.02. The number of aliphatic imine (C=N–C) groups is 1. The second kappa shape index (κ2) is 7.30. The number of rotatable bonds is 4. The maximum atomic E-state index is 13.5. The zero-order valence-electron chi connectivity index (χ0n) is 17.2. The van der Waals surface area contributed by atoms with Crippen molar-refractivity contribution in [2.24, 2.45) is 4.99 Å². The van der Waals surface area contributed by atoms with Crippen molar-refractivity contribution >= 4 is 23.2 Å². The van der Waals surface area contributed by atoms with Crippen LogP contribution < -0.4 is 4.90 Å². The van der Waals surface area contributed by atoms with Gasteiger partial charge in [0, 0.05) is 24.0 Å². The summed E-state index contributed by atoms with van der Waals surface area (Å²) < 4.78 is 13.5. The molecule has 1 heterocycles. The minimum absolute atomic E-state index is 0.0147. The average molecular weight is 365 g/mol. The normalized spacial score (nSPS) is 15.8. The molecule has 1 aliphatic rings. The van der Waals surface area contributed by atoms with Crippen LogP contribution in [0.25, 0.3) is 5.57 Å². The van der Waals surface area contributed by atoms with Gasteiger partial charge in [0.15, 0.2) is 0 Å². The SMILES string of the molecule is CCCN1c2cc(C)c(C=Nc3ccc(F)c(C)c3)cc2C(C)=CC1(C)C. The van der Waals surface area contributed by atoms with Gasteiger partial charge in [-0.25, -0.2) is 4.39 Å². The van der Waals surface area contributed by atoms with E-state index in [1.165, 1.54) is 28.5 Å². The van der Waals surface area contributed by atoms with E-state index in [-0.39, 0.29) is 11.4 Å². The largest absolute Gasteiger partial charge is 0.362 e. The Labute approximate surface area is 162 Å². The van der Waals surface area contributed by atoms with E-state index in [1.54, 1.807) is 19.1 Å². The maximum Gasteiger partial charge on any atom is 0.126 e. The van der Waals surface area contributed by atoms with Crippen molar-refractivity contribution in [3.05, 3.63) is 64.5 Å². The van der Waals surface area contributed by atoms with Gasteiger partial charge in [-0.1, -0.05) is 13.0 Å². The summed E-state index contributed by atoms with van der Waals surface area (Å²) in [4.78, 5) is 7.07. The molecule has 142 valence electrons. The summed E-state index contributed by atoms with van der Waals surface area (Å²) in [6, 6.07) is 9.47. The molecule has 27 heavy (non-hydrogen) atoms. The van der Waals surface area contributed by atoms with Crippen molar-refractivity contribution in [3.63, 3.8) is 0 Å². The van der Waals surface area contributed by atoms with Gasteiger partial charge < -0.3 is 4.90 Å². The first-order chi connectivity index (χ1) is 12.7. The summed E-state index contributed by atoms with van der Waals surface area (Å²) in [5.41, 5.74) is 7.56. The van der Waals surface area contributed by atoms with Crippen LogP contribution in [0.4, 0.5) is 15.8 Å². The third-order valence-electron chi connectivity index (χ3n) is 5.31. The molecule has 3 rings (SSSR count). The first kappa shape index (κ1) is 19.3. The fourth-order valence-electron chi connectivity index (χ4n) is 3.87. The minimum Gasteiger partial charge on any atom is -0.362 e. The Hall–Kier alpha value is -2.42. The summed E-state index contributed by atoms with van der Waals surface area (Å²) in [6.07, 6.45) is 5.35. The highest BCUT2D eigenvalue weighted by Crippen LogP contribution is 2.40. The van der Waals surface area contributed by atoms with Gasteiger partial charge in [-0.15, -0.1) is 0 Å². The molecule has 1 aliphatic heterocycles. The molecule has 0 spiro atoms. The van der Waals surface area contributed by atoms with E-state index in [4.69, 9.17) is 0 Å². The van der Waals surface area contributed by atoms with Crippen LogP contribution in [0, 0.1) is 19.7 Å². The highest BCUT2D eigenvalue weighted by atomic mass is 19.1. The maximum absolute atomic E-state index is 13.5. The third kappa shape index (κ3) is 3.83. The Morgan fingerprint density at radius 1 is 1.07 bits per heavy atom. The molecule has 0 atom stereocenters. The quantitative estimate of drug-likeness (QED) is 0.558. The molecule has 0 radical (unpaired) electrons. The van der Waals surface area contributed by atoms with Crippen molar-refractivity contribution in [2.45, 2.75) is 53.5 Å². The number of nitrogens with zero attached hydrogens (tertiary/aromatic N) is 2. The molecule has 0 aliphatic carbocycles. The van der Waals surface area contributed by atoms with E-state index in [2.05, 4.69) is 62.7 Å². The number of aryl methyl sites for hydroxylation is 2. The molecular weight excluding hydrogens is 335 g/mol. The van der Waals surface area contributed by atoms with Crippen LogP contribution in [-0.2, 0) is 0 Å². The van der Waals surface area contributed by atoms with Crippen molar-refractivity contribution in [2.75, 3.05) is 11.4 Å². The predicted molar refractivity (Wildman–Crippen MR) is 115 cm³/mol. The molecule has 2 aromatic rings. The van der Waals surface area contributed by atoms with Crippen LogP contribution in [0.15, 0.2) is 41.4 Å². The van der Waals surface area contributed by atoms with E-state index in [0.29, 0.717) is 5.56 Å². The highest BCUT2D eigenvalue weighted by Gasteiger charge is 2.31. The van der Waals surface area contributed by atoms with Crippen LogP contribution in [0.5, 0.6) is 0 Å². The lowest BCUT2D eigenvalue weighted by atomic mass is 9.87. The van der Waals surface area contributed by atoms with Gasteiger partial charge in [-0.05, 0) is 93.6 Å². The zero-order valence-corrected chi connectivity index (χ0v) is 17.2. The summed E-state index contributed by atoms with van der Waals surface area (Å²) >= 11 is 0. The van der Waals surface area contributed by atoms with E-state index in [9.17, 15) is 4.39 Å². The van der Waals surface area contributed by atoms with Crippen LogP contribution >= 0.6 is 0 Å². The number of hydrogen-bond acceptors (Lipinski definition) is 2. The molecule has 0 bridgehead atoms. The van der Waals surface area contributed by atoms with E-state index in [0.717, 1.165) is 24.2 Å². The van der Waals surface area contributed by atoms with Crippen LogP contribution in [0.1, 0.15) is 56.4 Å². The number of hydrogen-bond donors (Lipinski definition) is 0. The van der Waals surface area contributed by atoms with Gasteiger partial charge in [0.1, 0.15) is 5.82 Å².